The number of nitrogens with zero attached hydrogens (tertiary/aromatic N) is 1. The third kappa shape index (κ3) is 17.6. The summed E-state index contributed by atoms with van der Waals surface area (Å²) in [5, 5.41) is 7.57. The monoisotopic (exact) mass is 155 g/mol. The fourth-order valence-electron chi connectivity index (χ4n) is 0.313. The second-order valence-corrected chi connectivity index (χ2v) is 1.34. The van der Waals surface area contributed by atoms with Crippen LogP contribution in [0.1, 0.15) is 20.8 Å². The van der Waals surface area contributed by atoms with Crippen LogP contribution < -0.4 is 0 Å². The van der Waals surface area contributed by atoms with Gasteiger partial charge in [0.15, 0.2) is 0 Å². The molecular formula is C9H17NO. The highest BCUT2D eigenvalue weighted by molar-refractivity contribution is 4.88. The number of aliphatic hydroxyl groups excluding tert-OH is 1. The summed E-state index contributed by atoms with van der Waals surface area (Å²) in [5.74, 6) is 0. The standard InChI is InChI=1S/C5H5N.C2H6O.C2H6/c1-2-4-6-5-3-1;1-2-3;1-2/h1-5H;3H,2H2,1H3;1-2H3. The third-order valence-corrected chi connectivity index (χ3v) is 0.566. The number of hydrogen-bond acceptors (Lipinski definition) is 2. The van der Waals surface area contributed by atoms with Crippen molar-refractivity contribution in [2.45, 2.75) is 20.8 Å². The topological polar surface area (TPSA) is 33.1 Å². The summed E-state index contributed by atoms with van der Waals surface area (Å²) in [7, 11) is 0. The number of rotatable bonds is 0. The lowest BCUT2D eigenvalue weighted by molar-refractivity contribution is 0.318. The first-order chi connectivity index (χ1) is 5.41. The smallest absolute Gasteiger partial charge is 0.0402 e. The molecule has 0 bridgehead atoms. The Morgan fingerprint density at radius 2 is 1.45 bits per heavy atom. The van der Waals surface area contributed by atoms with E-state index in [-0.39, 0.29) is 6.61 Å². The van der Waals surface area contributed by atoms with E-state index in [1.54, 1.807) is 19.3 Å². The minimum atomic E-state index is 0.250. The number of aromatic nitrogens is 1. The molecule has 2 nitrogen and oxygen atoms in total. The van der Waals surface area contributed by atoms with Crippen LogP contribution in [0.25, 0.3) is 0 Å². The third-order valence-electron chi connectivity index (χ3n) is 0.566. The first kappa shape index (κ1) is 12.8. The zero-order valence-electron chi connectivity index (χ0n) is 7.49. The van der Waals surface area contributed by atoms with Crippen molar-refractivity contribution in [2.24, 2.45) is 0 Å². The van der Waals surface area contributed by atoms with Gasteiger partial charge in [-0.3, -0.25) is 4.98 Å². The van der Waals surface area contributed by atoms with E-state index in [1.807, 2.05) is 32.0 Å². The molecule has 0 fully saturated rings. The zero-order valence-corrected chi connectivity index (χ0v) is 7.49. The number of aliphatic hydroxyl groups is 1. The Hall–Kier alpha value is -0.890. The first-order valence-electron chi connectivity index (χ1n) is 3.87. The highest BCUT2D eigenvalue weighted by atomic mass is 16.2. The molecule has 1 aromatic rings. The molecule has 0 aliphatic rings. The molecule has 1 aromatic heterocycles. The highest BCUT2D eigenvalue weighted by Gasteiger charge is 1.58. The molecule has 1 rings (SSSR count). The molecule has 64 valence electrons. The molecule has 0 aromatic carbocycles. The van der Waals surface area contributed by atoms with Crippen molar-refractivity contribution in [3.63, 3.8) is 0 Å². The van der Waals surface area contributed by atoms with Gasteiger partial charge in [-0.15, -0.1) is 0 Å². The van der Waals surface area contributed by atoms with Gasteiger partial charge >= 0.3 is 0 Å². The molecule has 0 aliphatic carbocycles. The molecule has 0 atom stereocenters. The lowest BCUT2D eigenvalue weighted by atomic mass is 10.5. The van der Waals surface area contributed by atoms with Gasteiger partial charge in [-0.25, -0.2) is 0 Å². The maximum absolute atomic E-state index is 7.57. The molecule has 0 radical (unpaired) electrons. The van der Waals surface area contributed by atoms with Crippen molar-refractivity contribution in [1.82, 2.24) is 4.98 Å². The second kappa shape index (κ2) is 16.1. The van der Waals surface area contributed by atoms with Crippen LogP contribution in [0, 0.1) is 0 Å². The van der Waals surface area contributed by atoms with Crippen LogP contribution in [0.2, 0.25) is 0 Å². The fourth-order valence-corrected chi connectivity index (χ4v) is 0.313. The van der Waals surface area contributed by atoms with Crippen molar-refractivity contribution < 1.29 is 5.11 Å². The molecule has 0 aliphatic heterocycles. The van der Waals surface area contributed by atoms with Crippen LogP contribution in [0.4, 0.5) is 0 Å². The summed E-state index contributed by atoms with van der Waals surface area (Å²) in [5.41, 5.74) is 0. The normalized spacial score (nSPS) is 6.55. The summed E-state index contributed by atoms with van der Waals surface area (Å²) in [6, 6.07) is 5.72. The molecule has 1 heterocycles. The average Bonchev–Trinajstić information content (AvgIpc) is 2.12. The van der Waals surface area contributed by atoms with Gasteiger partial charge in [0.2, 0.25) is 0 Å². The fraction of sp³-hybridized carbons (Fsp3) is 0.444. The van der Waals surface area contributed by atoms with Crippen molar-refractivity contribution in [1.29, 1.82) is 0 Å². The molecule has 0 saturated heterocycles. The van der Waals surface area contributed by atoms with Crippen LogP contribution >= 0.6 is 0 Å². The van der Waals surface area contributed by atoms with Crippen LogP contribution in [-0.2, 0) is 0 Å². The molecule has 0 unspecified atom stereocenters. The lowest BCUT2D eigenvalue weighted by Crippen LogP contribution is -1.58. The molecule has 1 N–H and O–H groups in total. The van der Waals surface area contributed by atoms with Crippen molar-refractivity contribution in [2.75, 3.05) is 6.61 Å². The van der Waals surface area contributed by atoms with Gasteiger partial charge in [0.1, 0.15) is 0 Å². The molecule has 0 saturated carbocycles. The van der Waals surface area contributed by atoms with Gasteiger partial charge in [0.25, 0.3) is 0 Å². The molecule has 11 heavy (non-hydrogen) atoms. The Kier molecular flexibility index (Phi) is 18.6. The van der Waals surface area contributed by atoms with Crippen molar-refractivity contribution in [3.8, 4) is 0 Å². The summed E-state index contributed by atoms with van der Waals surface area (Å²) in [4.78, 5) is 3.78. The largest absolute Gasteiger partial charge is 0.397 e. The highest BCUT2D eigenvalue weighted by Crippen LogP contribution is 1.73. The summed E-state index contributed by atoms with van der Waals surface area (Å²) in [6.07, 6.45) is 3.50. The minimum absolute atomic E-state index is 0.250. The van der Waals surface area contributed by atoms with E-state index in [2.05, 4.69) is 4.98 Å². The van der Waals surface area contributed by atoms with Gasteiger partial charge < -0.3 is 5.11 Å². The van der Waals surface area contributed by atoms with E-state index < -0.39 is 0 Å². The van der Waals surface area contributed by atoms with Crippen LogP contribution in [0.3, 0.4) is 0 Å². The van der Waals surface area contributed by atoms with Gasteiger partial charge in [-0.1, -0.05) is 19.9 Å². The average molecular weight is 155 g/mol. The Morgan fingerprint density at radius 1 is 1.09 bits per heavy atom. The first-order valence-corrected chi connectivity index (χ1v) is 3.87. The second-order valence-electron chi connectivity index (χ2n) is 1.34. The van der Waals surface area contributed by atoms with E-state index in [4.69, 9.17) is 5.11 Å². The van der Waals surface area contributed by atoms with E-state index in [1.165, 1.54) is 0 Å². The van der Waals surface area contributed by atoms with Gasteiger partial charge in [0, 0.05) is 19.0 Å². The molecule has 0 spiro atoms. The van der Waals surface area contributed by atoms with Gasteiger partial charge in [0.05, 0.1) is 0 Å². The van der Waals surface area contributed by atoms with Crippen LogP contribution in [0.15, 0.2) is 30.6 Å². The predicted molar refractivity (Wildman–Crippen MR) is 48.3 cm³/mol. The predicted octanol–water partition coefficient (Wildman–Crippen LogP) is 2.11. The maximum Gasteiger partial charge on any atom is 0.0402 e. The number of hydrogen-bond donors (Lipinski definition) is 1. The van der Waals surface area contributed by atoms with E-state index in [9.17, 15) is 0 Å². The zero-order chi connectivity index (χ0) is 8.95. The SMILES string of the molecule is CC.CCO.c1ccncc1. The summed E-state index contributed by atoms with van der Waals surface area (Å²) < 4.78 is 0. The Labute approximate surface area is 68.9 Å². The molecule has 2 heteroatoms. The quantitative estimate of drug-likeness (QED) is 0.622. The molecule has 0 amide bonds. The molecular weight excluding hydrogens is 138 g/mol. The summed E-state index contributed by atoms with van der Waals surface area (Å²) in [6.45, 7) is 5.93. The van der Waals surface area contributed by atoms with E-state index in [0.29, 0.717) is 0 Å². The Balaban J connectivity index is 0. The maximum atomic E-state index is 7.57. The Bertz CT molecular complexity index is 92.4. The van der Waals surface area contributed by atoms with Crippen molar-refractivity contribution in [3.05, 3.63) is 30.6 Å². The van der Waals surface area contributed by atoms with E-state index in [0.717, 1.165) is 0 Å². The number of pyridine rings is 1. The lowest BCUT2D eigenvalue weighted by Gasteiger charge is -1.70. The summed E-state index contributed by atoms with van der Waals surface area (Å²) >= 11 is 0. The van der Waals surface area contributed by atoms with Gasteiger partial charge in [-0.05, 0) is 19.1 Å². The van der Waals surface area contributed by atoms with Gasteiger partial charge in [-0.2, -0.15) is 0 Å². The minimum Gasteiger partial charge on any atom is -0.397 e. The van der Waals surface area contributed by atoms with Crippen LogP contribution in [-0.4, -0.2) is 16.7 Å². The Morgan fingerprint density at radius 3 is 1.55 bits per heavy atom. The van der Waals surface area contributed by atoms with Crippen molar-refractivity contribution >= 4 is 0 Å². The van der Waals surface area contributed by atoms with Crippen LogP contribution in [0.5, 0.6) is 0 Å². The van der Waals surface area contributed by atoms with E-state index >= 15 is 0 Å².